The SMILES string of the molecule is Cc1cc2c(cc1Cc1nc3c(N)nc(F)nc3n1CCNS(=O)(=O)C(C)(C)C)CCC2. The predicted molar refractivity (Wildman–Crippen MR) is 122 cm³/mol. The van der Waals surface area contributed by atoms with Crippen molar-refractivity contribution in [3.8, 4) is 0 Å². The Morgan fingerprint density at radius 3 is 2.53 bits per heavy atom. The third kappa shape index (κ3) is 4.21. The van der Waals surface area contributed by atoms with Crippen LogP contribution in [0.1, 0.15) is 55.3 Å². The molecule has 1 aliphatic rings. The highest BCUT2D eigenvalue weighted by atomic mass is 32.2. The summed E-state index contributed by atoms with van der Waals surface area (Å²) in [7, 11) is -3.52. The van der Waals surface area contributed by atoms with Gasteiger partial charge in [-0.25, -0.2) is 18.1 Å². The van der Waals surface area contributed by atoms with Crippen LogP contribution >= 0.6 is 0 Å². The van der Waals surface area contributed by atoms with Crippen molar-refractivity contribution >= 4 is 27.0 Å². The van der Waals surface area contributed by atoms with Crippen molar-refractivity contribution in [2.75, 3.05) is 12.3 Å². The van der Waals surface area contributed by atoms with Gasteiger partial charge in [0.25, 0.3) is 0 Å². The molecule has 8 nitrogen and oxygen atoms in total. The summed E-state index contributed by atoms with van der Waals surface area (Å²) >= 11 is 0. The minimum Gasteiger partial charge on any atom is -0.382 e. The number of nitrogens with zero attached hydrogens (tertiary/aromatic N) is 4. The maximum Gasteiger partial charge on any atom is 0.312 e. The lowest BCUT2D eigenvalue weighted by Gasteiger charge is -2.20. The Morgan fingerprint density at radius 1 is 1.16 bits per heavy atom. The first-order valence-electron chi connectivity index (χ1n) is 10.7. The van der Waals surface area contributed by atoms with Crippen LogP contribution < -0.4 is 10.5 Å². The number of hydrogen-bond donors (Lipinski definition) is 2. The molecule has 0 saturated carbocycles. The minimum absolute atomic E-state index is 0.0338. The summed E-state index contributed by atoms with van der Waals surface area (Å²) in [6.45, 7) is 7.33. The standard InChI is InChI=1S/C22H29FN6O2S/c1-13-10-14-6-5-7-15(14)11-16(13)12-17-26-18-19(24)27-21(23)28-20(18)29(17)9-8-25-32(30,31)22(2,3)4/h10-11,25H,5-9,12H2,1-4H3,(H2,24,27,28). The molecule has 3 aromatic rings. The molecule has 3 N–H and O–H groups in total. The van der Waals surface area contributed by atoms with Gasteiger partial charge in [-0.2, -0.15) is 14.4 Å². The first kappa shape index (κ1) is 22.6. The second-order valence-electron chi connectivity index (χ2n) is 9.32. The maximum absolute atomic E-state index is 13.9. The average Bonchev–Trinajstić information content (AvgIpc) is 3.26. The van der Waals surface area contributed by atoms with Gasteiger partial charge in [0.1, 0.15) is 5.82 Å². The van der Waals surface area contributed by atoms with Gasteiger partial charge >= 0.3 is 6.08 Å². The molecule has 0 radical (unpaired) electrons. The molecule has 0 fully saturated rings. The van der Waals surface area contributed by atoms with Gasteiger partial charge in [0, 0.05) is 19.5 Å². The highest BCUT2D eigenvalue weighted by Crippen LogP contribution is 2.28. The molecule has 0 aliphatic heterocycles. The molecule has 1 aliphatic carbocycles. The zero-order valence-corrected chi connectivity index (χ0v) is 19.7. The Kier molecular flexibility index (Phi) is 5.70. The second kappa shape index (κ2) is 8.08. The Morgan fingerprint density at radius 2 is 1.84 bits per heavy atom. The monoisotopic (exact) mass is 460 g/mol. The Hall–Kier alpha value is -2.59. The lowest BCUT2D eigenvalue weighted by molar-refractivity contribution is 0.532. The van der Waals surface area contributed by atoms with E-state index in [2.05, 4.69) is 38.7 Å². The van der Waals surface area contributed by atoms with Crippen LogP contribution in [-0.4, -0.2) is 39.2 Å². The molecule has 32 heavy (non-hydrogen) atoms. The van der Waals surface area contributed by atoms with E-state index in [9.17, 15) is 12.8 Å². The predicted octanol–water partition coefficient (Wildman–Crippen LogP) is 2.65. The van der Waals surface area contributed by atoms with Gasteiger partial charge in [0.2, 0.25) is 10.0 Å². The van der Waals surface area contributed by atoms with Crippen LogP contribution in [0, 0.1) is 13.0 Å². The number of rotatable bonds is 6. The Labute approximate surface area is 187 Å². The molecule has 10 heteroatoms. The van der Waals surface area contributed by atoms with Gasteiger partial charge in [-0.3, -0.25) is 0 Å². The number of hydrogen-bond acceptors (Lipinski definition) is 6. The third-order valence-electron chi connectivity index (χ3n) is 6.01. The fourth-order valence-corrected chi connectivity index (χ4v) is 4.87. The van der Waals surface area contributed by atoms with Crippen LogP contribution in [0.4, 0.5) is 10.2 Å². The fourth-order valence-electron chi connectivity index (χ4n) is 4.08. The van der Waals surface area contributed by atoms with Crippen LogP contribution in [0.15, 0.2) is 12.1 Å². The first-order chi connectivity index (χ1) is 15.0. The van der Waals surface area contributed by atoms with Gasteiger partial charge in [-0.1, -0.05) is 12.1 Å². The van der Waals surface area contributed by atoms with Crippen molar-refractivity contribution in [3.05, 3.63) is 46.3 Å². The zero-order chi connectivity index (χ0) is 23.3. The normalized spacial score (nSPS) is 14.3. The molecule has 2 heterocycles. The number of halogens is 1. The summed E-state index contributed by atoms with van der Waals surface area (Å²) in [5, 5.41) is 0. The Balaban J connectivity index is 1.70. The summed E-state index contributed by atoms with van der Waals surface area (Å²) in [4.78, 5) is 12.1. The zero-order valence-electron chi connectivity index (χ0n) is 18.9. The molecule has 4 rings (SSSR count). The summed E-state index contributed by atoms with van der Waals surface area (Å²) in [6, 6.07) is 4.45. The number of fused-ring (bicyclic) bond motifs is 2. The summed E-state index contributed by atoms with van der Waals surface area (Å²) in [5.74, 6) is 0.607. The van der Waals surface area contributed by atoms with Crippen LogP contribution in [0.3, 0.4) is 0 Å². The summed E-state index contributed by atoms with van der Waals surface area (Å²) in [6.07, 6.45) is 2.90. The van der Waals surface area contributed by atoms with E-state index < -0.39 is 20.8 Å². The van der Waals surface area contributed by atoms with Crippen molar-refractivity contribution in [1.82, 2.24) is 24.2 Å². The number of sulfonamides is 1. The van der Waals surface area contributed by atoms with E-state index in [0.717, 1.165) is 24.8 Å². The quantitative estimate of drug-likeness (QED) is 0.547. The molecule has 0 atom stereocenters. The summed E-state index contributed by atoms with van der Waals surface area (Å²) in [5.41, 5.74) is 11.5. The van der Waals surface area contributed by atoms with Crippen LogP contribution in [0.5, 0.6) is 0 Å². The van der Waals surface area contributed by atoms with Crippen molar-refractivity contribution in [3.63, 3.8) is 0 Å². The van der Waals surface area contributed by atoms with Gasteiger partial charge in [0.05, 0.1) is 4.75 Å². The van der Waals surface area contributed by atoms with E-state index in [0.29, 0.717) is 17.8 Å². The molecule has 0 spiro atoms. The van der Waals surface area contributed by atoms with Crippen molar-refractivity contribution in [2.45, 2.75) is 64.7 Å². The molecular weight excluding hydrogens is 431 g/mol. The van der Waals surface area contributed by atoms with Crippen LogP contribution in [0.25, 0.3) is 11.2 Å². The molecule has 0 bridgehead atoms. The van der Waals surface area contributed by atoms with Gasteiger partial charge in [-0.15, -0.1) is 0 Å². The van der Waals surface area contributed by atoms with Gasteiger partial charge < -0.3 is 10.3 Å². The lowest BCUT2D eigenvalue weighted by atomic mass is 9.98. The first-order valence-corrected chi connectivity index (χ1v) is 12.2. The number of nitrogens with two attached hydrogens (primary N) is 1. The fraction of sp³-hybridized carbons (Fsp3) is 0.500. The molecule has 0 unspecified atom stereocenters. The van der Waals surface area contributed by atoms with Crippen molar-refractivity contribution in [1.29, 1.82) is 0 Å². The van der Waals surface area contributed by atoms with E-state index in [4.69, 9.17) is 5.73 Å². The molecule has 0 saturated heterocycles. The van der Waals surface area contributed by atoms with Crippen LogP contribution in [0.2, 0.25) is 0 Å². The van der Waals surface area contributed by atoms with Crippen molar-refractivity contribution < 1.29 is 12.8 Å². The molecule has 1 aromatic carbocycles. The van der Waals surface area contributed by atoms with E-state index in [1.165, 1.54) is 16.7 Å². The number of nitrogens with one attached hydrogen (secondary N) is 1. The number of imidazole rings is 1. The number of nitrogen functional groups attached to an aromatic ring is 1. The van der Waals surface area contributed by atoms with E-state index >= 15 is 0 Å². The van der Waals surface area contributed by atoms with Gasteiger partial charge in [0.15, 0.2) is 17.0 Å². The molecular formula is C22H29FN6O2S. The van der Waals surface area contributed by atoms with E-state index in [1.54, 1.807) is 25.3 Å². The third-order valence-corrected chi connectivity index (χ3v) is 8.20. The lowest BCUT2D eigenvalue weighted by Crippen LogP contribution is -2.40. The van der Waals surface area contributed by atoms with Gasteiger partial charge in [-0.05, 0) is 69.2 Å². The number of benzene rings is 1. The summed E-state index contributed by atoms with van der Waals surface area (Å²) < 4.78 is 42.2. The highest BCUT2D eigenvalue weighted by Gasteiger charge is 2.28. The van der Waals surface area contributed by atoms with E-state index in [-0.39, 0.29) is 24.6 Å². The second-order valence-corrected chi connectivity index (χ2v) is 11.8. The molecule has 0 amide bonds. The minimum atomic E-state index is -3.52. The largest absolute Gasteiger partial charge is 0.382 e. The maximum atomic E-state index is 13.9. The smallest absolute Gasteiger partial charge is 0.312 e. The Bertz CT molecular complexity index is 1290. The highest BCUT2D eigenvalue weighted by molar-refractivity contribution is 7.90. The number of aryl methyl sites for hydroxylation is 3. The number of anilines is 1. The molecule has 2 aromatic heterocycles. The number of aromatic nitrogens is 4. The topological polar surface area (TPSA) is 116 Å². The van der Waals surface area contributed by atoms with Crippen molar-refractivity contribution in [2.24, 2.45) is 0 Å². The molecule has 172 valence electrons. The van der Waals surface area contributed by atoms with E-state index in [1.807, 2.05) is 0 Å². The van der Waals surface area contributed by atoms with Crippen LogP contribution in [-0.2, 0) is 35.8 Å². The average molecular weight is 461 g/mol.